The first-order valence-electron chi connectivity index (χ1n) is 14.6. The van der Waals surface area contributed by atoms with Crippen molar-refractivity contribution in [2.24, 2.45) is 17.8 Å². The molecular formula is C32H33FN4O4S. The third-order valence-electron chi connectivity index (χ3n) is 8.76. The molecule has 218 valence electrons. The Morgan fingerprint density at radius 1 is 1.00 bits per heavy atom. The number of alkyl halides is 1. The van der Waals surface area contributed by atoms with Crippen molar-refractivity contribution in [1.29, 1.82) is 0 Å². The Labute approximate surface area is 247 Å². The number of carbonyl (C=O) groups excluding carboxylic acids is 2. The molecule has 3 aromatic rings. The number of amides is 2. The van der Waals surface area contributed by atoms with Crippen molar-refractivity contribution in [1.82, 2.24) is 9.97 Å². The first kappa shape index (κ1) is 28.2. The van der Waals surface area contributed by atoms with Gasteiger partial charge in [0.25, 0.3) is 5.91 Å². The zero-order chi connectivity index (χ0) is 29.2. The van der Waals surface area contributed by atoms with E-state index in [1.165, 1.54) is 16.2 Å². The molecule has 3 unspecified atom stereocenters. The summed E-state index contributed by atoms with van der Waals surface area (Å²) in [6.07, 6.45) is 9.36. The van der Waals surface area contributed by atoms with Crippen LogP contribution in [-0.2, 0) is 14.4 Å². The van der Waals surface area contributed by atoms with Gasteiger partial charge in [-0.15, -0.1) is 11.3 Å². The Kier molecular flexibility index (Phi) is 8.15. The second-order valence-electron chi connectivity index (χ2n) is 11.3. The largest absolute Gasteiger partial charge is 0.481 e. The van der Waals surface area contributed by atoms with Crippen LogP contribution in [0.5, 0.6) is 0 Å². The summed E-state index contributed by atoms with van der Waals surface area (Å²) in [5, 5.41) is 12.2. The lowest BCUT2D eigenvalue weighted by molar-refractivity contribution is -0.142. The Morgan fingerprint density at radius 2 is 1.79 bits per heavy atom. The van der Waals surface area contributed by atoms with E-state index in [0.717, 1.165) is 48.8 Å². The van der Waals surface area contributed by atoms with Gasteiger partial charge < -0.3 is 5.11 Å². The molecule has 2 amide bonds. The summed E-state index contributed by atoms with van der Waals surface area (Å²) in [7, 11) is 0. The van der Waals surface area contributed by atoms with E-state index in [2.05, 4.69) is 11.1 Å². The fourth-order valence-electron chi connectivity index (χ4n) is 6.62. The summed E-state index contributed by atoms with van der Waals surface area (Å²) in [6.45, 7) is 0.658. The van der Waals surface area contributed by atoms with Crippen LogP contribution in [0.4, 0.5) is 15.3 Å². The molecule has 1 saturated carbocycles. The van der Waals surface area contributed by atoms with Crippen LogP contribution in [0.3, 0.4) is 0 Å². The Morgan fingerprint density at radius 3 is 2.48 bits per heavy atom. The fraction of sp³-hybridized carbons (Fsp3) is 0.406. The lowest BCUT2D eigenvalue weighted by Gasteiger charge is -2.34. The third kappa shape index (κ3) is 5.60. The maximum atomic E-state index is 14.0. The highest BCUT2D eigenvalue weighted by Crippen LogP contribution is 2.41. The van der Waals surface area contributed by atoms with Gasteiger partial charge in [0.15, 0.2) is 11.3 Å². The topological polar surface area (TPSA) is 104 Å². The van der Waals surface area contributed by atoms with E-state index < -0.39 is 24.0 Å². The van der Waals surface area contributed by atoms with Gasteiger partial charge in [0, 0.05) is 42.2 Å². The molecule has 0 spiro atoms. The van der Waals surface area contributed by atoms with Gasteiger partial charge in [-0.2, -0.15) is 0 Å². The second-order valence-corrected chi connectivity index (χ2v) is 12.1. The maximum Gasteiger partial charge on any atom is 0.304 e. The molecule has 1 saturated heterocycles. The van der Waals surface area contributed by atoms with Crippen LogP contribution in [0, 0.1) is 17.8 Å². The number of rotatable bonds is 7. The number of carboxylic acid groups (broad SMARTS) is 1. The number of thiazole rings is 1. The molecule has 10 heteroatoms. The standard InChI is InChI=1S/C32H33FN4O4S/c33-26-14-16-36(31(26)41)28-13-12-21(18-34-28)23-9-3-4-11-24(23)27-19-42-32(35-27)37-15-6-5-10-22(20-7-1-2-8-20)25(30(37)40)17-29(38)39/h3-6,9,11-13,18-20,22,25-26H,1-2,7-8,10,14-17H2,(H,38,39). The van der Waals surface area contributed by atoms with Gasteiger partial charge in [-0.25, -0.2) is 14.4 Å². The number of pyridine rings is 1. The molecule has 42 heavy (non-hydrogen) atoms. The molecule has 1 N–H and O–H groups in total. The summed E-state index contributed by atoms with van der Waals surface area (Å²) in [5.41, 5.74) is 3.26. The van der Waals surface area contributed by atoms with Gasteiger partial charge in [0.2, 0.25) is 5.91 Å². The number of hydrogen-bond acceptors (Lipinski definition) is 6. The molecular weight excluding hydrogens is 555 g/mol. The first-order chi connectivity index (χ1) is 20.4. The Bertz CT molecular complexity index is 1500. The molecule has 0 bridgehead atoms. The Balaban J connectivity index is 1.28. The monoisotopic (exact) mass is 588 g/mol. The molecule has 3 aliphatic rings. The lowest BCUT2D eigenvalue weighted by Crippen LogP contribution is -2.43. The first-order valence-corrected chi connectivity index (χ1v) is 15.4. The van der Waals surface area contributed by atoms with E-state index in [-0.39, 0.29) is 24.7 Å². The van der Waals surface area contributed by atoms with Crippen molar-refractivity contribution in [3.63, 3.8) is 0 Å². The Hall–Kier alpha value is -3.92. The summed E-state index contributed by atoms with van der Waals surface area (Å²) >= 11 is 1.37. The zero-order valence-electron chi connectivity index (χ0n) is 23.2. The van der Waals surface area contributed by atoms with Crippen LogP contribution in [0.2, 0.25) is 0 Å². The number of hydrogen-bond donors (Lipinski definition) is 1. The molecule has 3 atom stereocenters. The average molecular weight is 589 g/mol. The highest BCUT2D eigenvalue weighted by atomic mass is 32.1. The number of aliphatic carboxylic acids is 1. The van der Waals surface area contributed by atoms with Crippen molar-refractivity contribution >= 4 is 40.1 Å². The van der Waals surface area contributed by atoms with Crippen molar-refractivity contribution in [3.8, 4) is 22.4 Å². The predicted molar refractivity (Wildman–Crippen MR) is 160 cm³/mol. The van der Waals surface area contributed by atoms with E-state index in [1.807, 2.05) is 41.8 Å². The third-order valence-corrected chi connectivity index (χ3v) is 9.63. The molecule has 8 nitrogen and oxygen atoms in total. The number of halogens is 1. The van der Waals surface area contributed by atoms with Crippen molar-refractivity contribution in [3.05, 3.63) is 60.1 Å². The molecule has 0 radical (unpaired) electrons. The average Bonchev–Trinajstić information content (AvgIpc) is 3.76. The van der Waals surface area contributed by atoms with Crippen molar-refractivity contribution in [2.75, 3.05) is 22.9 Å². The number of aromatic nitrogens is 2. The minimum Gasteiger partial charge on any atom is -0.481 e. The fourth-order valence-corrected chi connectivity index (χ4v) is 7.46. The number of nitrogens with zero attached hydrogens (tertiary/aromatic N) is 4. The van der Waals surface area contributed by atoms with E-state index >= 15 is 0 Å². The van der Waals surface area contributed by atoms with Crippen molar-refractivity contribution < 1.29 is 23.9 Å². The number of carboxylic acids is 1. The highest BCUT2D eigenvalue weighted by molar-refractivity contribution is 7.14. The molecule has 2 aromatic heterocycles. The van der Waals surface area contributed by atoms with E-state index in [0.29, 0.717) is 35.7 Å². The molecule has 4 heterocycles. The molecule has 2 aliphatic heterocycles. The van der Waals surface area contributed by atoms with Crippen LogP contribution >= 0.6 is 11.3 Å². The zero-order valence-corrected chi connectivity index (χ0v) is 24.0. The number of carbonyl (C=O) groups is 3. The smallest absolute Gasteiger partial charge is 0.304 e. The quantitative estimate of drug-likeness (QED) is 0.333. The number of benzene rings is 1. The summed E-state index contributed by atoms with van der Waals surface area (Å²) in [5.74, 6) is -1.46. The SMILES string of the molecule is O=C(O)CC1C(=O)N(c2nc(-c3ccccc3-c3ccc(N4CCC(F)C4=O)nc3)cs2)CC=CCC1C1CCCC1. The highest BCUT2D eigenvalue weighted by Gasteiger charge is 2.40. The van der Waals surface area contributed by atoms with Gasteiger partial charge in [-0.3, -0.25) is 24.2 Å². The van der Waals surface area contributed by atoms with E-state index in [1.54, 1.807) is 17.2 Å². The summed E-state index contributed by atoms with van der Waals surface area (Å²) in [4.78, 5) is 50.2. The maximum absolute atomic E-state index is 14.0. The minimum atomic E-state index is -1.48. The van der Waals surface area contributed by atoms with E-state index in [4.69, 9.17) is 4.98 Å². The summed E-state index contributed by atoms with van der Waals surface area (Å²) in [6, 6.07) is 11.3. The molecule has 2 fully saturated rings. The van der Waals surface area contributed by atoms with Crippen LogP contribution in [0.15, 0.2) is 60.1 Å². The molecule has 6 rings (SSSR count). The minimum absolute atomic E-state index is 0.0115. The van der Waals surface area contributed by atoms with Gasteiger partial charge in [0.05, 0.1) is 18.0 Å². The molecule has 1 aromatic carbocycles. The van der Waals surface area contributed by atoms with E-state index in [9.17, 15) is 23.9 Å². The lowest BCUT2D eigenvalue weighted by atomic mass is 9.75. The van der Waals surface area contributed by atoms with Crippen LogP contribution in [0.25, 0.3) is 22.4 Å². The second kappa shape index (κ2) is 12.1. The van der Waals surface area contributed by atoms with Crippen LogP contribution < -0.4 is 9.80 Å². The predicted octanol–water partition coefficient (Wildman–Crippen LogP) is 6.14. The van der Waals surface area contributed by atoms with Gasteiger partial charge in [-0.1, -0.05) is 62.1 Å². The normalized spacial score (nSPS) is 23.4. The van der Waals surface area contributed by atoms with Crippen LogP contribution in [-0.4, -0.2) is 52.1 Å². The van der Waals surface area contributed by atoms with Gasteiger partial charge in [0.1, 0.15) is 5.82 Å². The molecule has 1 aliphatic carbocycles. The number of allylic oxidation sites excluding steroid dienone is 1. The van der Waals surface area contributed by atoms with Gasteiger partial charge >= 0.3 is 5.97 Å². The van der Waals surface area contributed by atoms with Gasteiger partial charge in [-0.05, 0) is 36.0 Å². The van der Waals surface area contributed by atoms with Crippen LogP contribution in [0.1, 0.15) is 44.9 Å². The number of anilines is 2. The summed E-state index contributed by atoms with van der Waals surface area (Å²) < 4.78 is 13.7. The van der Waals surface area contributed by atoms with Crippen molar-refractivity contribution in [2.45, 2.75) is 51.1 Å².